The molecule has 0 heterocycles. The van der Waals surface area contributed by atoms with Gasteiger partial charge in [0.2, 0.25) is 0 Å². The highest BCUT2D eigenvalue weighted by atomic mass is 31.1. The Morgan fingerprint density at radius 2 is 1.95 bits per heavy atom. The highest BCUT2D eigenvalue weighted by Crippen LogP contribution is 2.31. The molecule has 1 unspecified atom stereocenters. The van der Waals surface area contributed by atoms with Gasteiger partial charge < -0.3 is 9.47 Å². The largest absolute Gasteiger partial charge is 0.497 e. The standard InChI is InChI=1S/C19H25O2P/c1-14(2)22-13-16-7-5-6-8-19(16)21-18-12-11-17(20-4)10-9-15(18)3/h5-11,14,22H,12-13H2,1-4H3. The summed E-state index contributed by atoms with van der Waals surface area (Å²) in [6.07, 6.45) is 7.92. The Labute approximate surface area is 135 Å². The van der Waals surface area contributed by atoms with Crippen LogP contribution in [0.15, 0.2) is 59.6 Å². The van der Waals surface area contributed by atoms with Gasteiger partial charge in [-0.2, -0.15) is 0 Å². The lowest BCUT2D eigenvalue weighted by atomic mass is 10.2. The van der Waals surface area contributed by atoms with Crippen LogP contribution in [0.25, 0.3) is 0 Å². The lowest BCUT2D eigenvalue weighted by Gasteiger charge is -2.15. The third-order valence-corrected chi connectivity index (χ3v) is 4.97. The third-order valence-electron chi connectivity index (χ3n) is 3.57. The van der Waals surface area contributed by atoms with Crippen LogP contribution in [0, 0.1) is 0 Å². The summed E-state index contributed by atoms with van der Waals surface area (Å²) in [5, 5.41) is 0. The highest BCUT2D eigenvalue weighted by Gasteiger charge is 2.10. The van der Waals surface area contributed by atoms with Crippen LogP contribution >= 0.6 is 8.58 Å². The van der Waals surface area contributed by atoms with E-state index in [0.717, 1.165) is 49.7 Å². The van der Waals surface area contributed by atoms with E-state index in [9.17, 15) is 0 Å². The predicted molar refractivity (Wildman–Crippen MR) is 95.8 cm³/mol. The van der Waals surface area contributed by atoms with Crippen molar-refractivity contribution in [2.75, 3.05) is 7.11 Å². The number of ether oxygens (including phenoxy) is 2. The average Bonchev–Trinajstić information content (AvgIpc) is 2.69. The molecule has 0 spiro atoms. The fourth-order valence-electron chi connectivity index (χ4n) is 2.19. The SMILES string of the molecule is COC1=CCC(Oc2ccccc2CPC(C)C)=C(C)C=C1. The number of hydrogen-bond acceptors (Lipinski definition) is 2. The van der Waals surface area contributed by atoms with Crippen LogP contribution in [0.5, 0.6) is 5.75 Å². The first-order valence-corrected chi connectivity index (χ1v) is 8.99. The molecule has 1 aromatic carbocycles. The predicted octanol–water partition coefficient (Wildman–Crippen LogP) is 5.42. The summed E-state index contributed by atoms with van der Waals surface area (Å²) < 4.78 is 11.5. The van der Waals surface area contributed by atoms with Crippen molar-refractivity contribution in [1.82, 2.24) is 0 Å². The second-order valence-corrected chi connectivity index (χ2v) is 7.62. The summed E-state index contributed by atoms with van der Waals surface area (Å²) in [5.74, 6) is 2.85. The monoisotopic (exact) mass is 316 g/mol. The molecule has 2 rings (SSSR count). The number of methoxy groups -OCH3 is 1. The van der Waals surface area contributed by atoms with Gasteiger partial charge in [-0.25, -0.2) is 0 Å². The van der Waals surface area contributed by atoms with Crippen LogP contribution in [-0.2, 0) is 10.9 Å². The van der Waals surface area contributed by atoms with Crippen molar-refractivity contribution in [3.63, 3.8) is 0 Å². The lowest BCUT2D eigenvalue weighted by Crippen LogP contribution is -2.00. The number of allylic oxidation sites excluding steroid dienone is 4. The van der Waals surface area contributed by atoms with Gasteiger partial charge in [-0.1, -0.05) is 38.1 Å². The second-order valence-electron chi connectivity index (χ2n) is 5.70. The van der Waals surface area contributed by atoms with Crippen molar-refractivity contribution in [3.05, 3.63) is 65.1 Å². The molecule has 0 aliphatic heterocycles. The van der Waals surface area contributed by atoms with Gasteiger partial charge >= 0.3 is 0 Å². The first kappa shape index (κ1) is 16.8. The molecule has 1 atom stereocenters. The van der Waals surface area contributed by atoms with Crippen LogP contribution in [0.1, 0.15) is 32.8 Å². The third kappa shape index (κ3) is 4.74. The first-order chi connectivity index (χ1) is 10.6. The molecular weight excluding hydrogens is 291 g/mol. The molecule has 1 aliphatic rings. The van der Waals surface area contributed by atoms with E-state index < -0.39 is 0 Å². The van der Waals surface area contributed by atoms with Crippen molar-refractivity contribution in [2.45, 2.75) is 39.0 Å². The van der Waals surface area contributed by atoms with Gasteiger partial charge in [-0.05, 0) is 48.1 Å². The molecule has 0 aromatic heterocycles. The maximum absolute atomic E-state index is 6.24. The minimum atomic E-state index is 0.724. The van der Waals surface area contributed by atoms with E-state index in [4.69, 9.17) is 9.47 Å². The van der Waals surface area contributed by atoms with Crippen molar-refractivity contribution in [2.24, 2.45) is 0 Å². The summed E-state index contributed by atoms with van der Waals surface area (Å²) in [6.45, 7) is 6.61. The summed E-state index contributed by atoms with van der Waals surface area (Å²) in [5.41, 5.74) is 3.16. The topological polar surface area (TPSA) is 18.5 Å². The Bertz CT molecular complexity index is 597. The van der Waals surface area contributed by atoms with Gasteiger partial charge in [0.05, 0.1) is 7.11 Å². The summed E-state index contributed by atoms with van der Waals surface area (Å²) >= 11 is 0. The molecule has 0 radical (unpaired) electrons. The van der Waals surface area contributed by atoms with Crippen LogP contribution < -0.4 is 4.74 Å². The smallest absolute Gasteiger partial charge is 0.130 e. The number of benzene rings is 1. The fourth-order valence-corrected chi connectivity index (χ4v) is 3.11. The average molecular weight is 316 g/mol. The van der Waals surface area contributed by atoms with Gasteiger partial charge in [0.1, 0.15) is 17.3 Å². The van der Waals surface area contributed by atoms with Crippen molar-refractivity contribution < 1.29 is 9.47 Å². The van der Waals surface area contributed by atoms with Crippen LogP contribution in [0.4, 0.5) is 0 Å². The molecule has 1 aliphatic carbocycles. The number of para-hydroxylation sites is 1. The van der Waals surface area contributed by atoms with Gasteiger partial charge in [0.15, 0.2) is 0 Å². The van der Waals surface area contributed by atoms with E-state index in [2.05, 4.69) is 51.1 Å². The Balaban J connectivity index is 2.16. The van der Waals surface area contributed by atoms with Crippen LogP contribution in [0.3, 0.4) is 0 Å². The maximum Gasteiger partial charge on any atom is 0.130 e. The quantitative estimate of drug-likeness (QED) is 0.653. The maximum atomic E-state index is 6.24. The molecular formula is C19H25O2P. The summed E-state index contributed by atoms with van der Waals surface area (Å²) in [4.78, 5) is 0. The fraction of sp³-hybridized carbons (Fsp3) is 0.368. The van der Waals surface area contributed by atoms with Crippen molar-refractivity contribution in [3.8, 4) is 5.75 Å². The van der Waals surface area contributed by atoms with E-state index in [1.165, 1.54) is 5.56 Å². The molecule has 1 aromatic rings. The minimum Gasteiger partial charge on any atom is -0.497 e. The normalized spacial score (nSPS) is 15.4. The number of hydrogen-bond donors (Lipinski definition) is 0. The first-order valence-electron chi connectivity index (χ1n) is 7.71. The Hall–Kier alpha value is -1.53. The molecule has 0 fully saturated rings. The van der Waals surface area contributed by atoms with Crippen molar-refractivity contribution in [1.29, 1.82) is 0 Å². The van der Waals surface area contributed by atoms with Crippen molar-refractivity contribution >= 4 is 8.58 Å². The van der Waals surface area contributed by atoms with Gasteiger partial charge in [0.25, 0.3) is 0 Å². The van der Waals surface area contributed by atoms with E-state index in [-0.39, 0.29) is 0 Å². The number of rotatable bonds is 6. The van der Waals surface area contributed by atoms with E-state index in [0.29, 0.717) is 0 Å². The van der Waals surface area contributed by atoms with Crippen LogP contribution in [0.2, 0.25) is 0 Å². The zero-order valence-corrected chi connectivity index (χ0v) is 14.8. The Morgan fingerprint density at radius 3 is 2.68 bits per heavy atom. The van der Waals surface area contributed by atoms with Gasteiger partial charge in [-0.3, -0.25) is 0 Å². The van der Waals surface area contributed by atoms with Crippen LogP contribution in [-0.4, -0.2) is 12.8 Å². The van der Waals surface area contributed by atoms with Gasteiger partial charge in [0, 0.05) is 6.42 Å². The zero-order chi connectivity index (χ0) is 15.9. The highest BCUT2D eigenvalue weighted by molar-refractivity contribution is 7.37. The van der Waals surface area contributed by atoms with E-state index in [1.54, 1.807) is 7.11 Å². The minimum absolute atomic E-state index is 0.724. The van der Waals surface area contributed by atoms with E-state index >= 15 is 0 Å². The zero-order valence-electron chi connectivity index (χ0n) is 13.8. The second kappa shape index (κ2) is 8.19. The molecule has 0 saturated heterocycles. The molecule has 2 nitrogen and oxygen atoms in total. The molecule has 22 heavy (non-hydrogen) atoms. The van der Waals surface area contributed by atoms with E-state index in [1.807, 2.05) is 12.1 Å². The summed E-state index contributed by atoms with van der Waals surface area (Å²) in [6, 6.07) is 8.36. The Morgan fingerprint density at radius 1 is 1.18 bits per heavy atom. The molecule has 0 amide bonds. The Kier molecular flexibility index (Phi) is 6.27. The molecule has 118 valence electrons. The molecule has 0 N–H and O–H groups in total. The molecule has 3 heteroatoms. The van der Waals surface area contributed by atoms with Gasteiger partial charge in [-0.15, -0.1) is 8.58 Å². The molecule has 0 bridgehead atoms. The molecule has 0 saturated carbocycles. The summed E-state index contributed by atoms with van der Waals surface area (Å²) in [7, 11) is 2.61. The lowest BCUT2D eigenvalue weighted by molar-refractivity contribution is 0.304.